The molecule has 25 heavy (non-hydrogen) atoms. The zero-order chi connectivity index (χ0) is 18.0. The third-order valence-electron chi connectivity index (χ3n) is 3.61. The van der Waals surface area contributed by atoms with E-state index in [0.717, 1.165) is 4.90 Å². The minimum Gasteiger partial charge on any atom is -0.326 e. The second kappa shape index (κ2) is 6.98. The Labute approximate surface area is 149 Å². The quantitative estimate of drug-likeness (QED) is 0.788. The zero-order valence-electron chi connectivity index (χ0n) is 13.8. The number of carbonyl (C=O) groups is 3. The van der Waals surface area contributed by atoms with E-state index in [1.807, 2.05) is 13.0 Å². The van der Waals surface area contributed by atoms with E-state index in [1.54, 1.807) is 36.4 Å². The van der Waals surface area contributed by atoms with E-state index in [9.17, 15) is 14.4 Å². The number of carbonyl (C=O) groups excluding carboxylic acids is 3. The van der Waals surface area contributed by atoms with Gasteiger partial charge in [0.2, 0.25) is 11.8 Å². The van der Waals surface area contributed by atoms with Crippen LogP contribution in [0.15, 0.2) is 47.4 Å². The summed E-state index contributed by atoms with van der Waals surface area (Å²) in [4.78, 5) is 36.3. The third-order valence-corrected chi connectivity index (χ3v) is 4.79. The molecule has 3 amide bonds. The highest BCUT2D eigenvalue weighted by Crippen LogP contribution is 2.36. The van der Waals surface area contributed by atoms with Crippen molar-refractivity contribution in [1.82, 2.24) is 0 Å². The fourth-order valence-electron chi connectivity index (χ4n) is 2.43. The second-order valence-corrected chi connectivity index (χ2v) is 7.06. The summed E-state index contributed by atoms with van der Waals surface area (Å²) < 4.78 is 0. The average Bonchev–Trinajstić information content (AvgIpc) is 2.55. The van der Waals surface area contributed by atoms with Crippen LogP contribution in [0.4, 0.5) is 17.1 Å². The summed E-state index contributed by atoms with van der Waals surface area (Å²) in [6.07, 6.45) is 0. The monoisotopic (exact) mass is 355 g/mol. The summed E-state index contributed by atoms with van der Waals surface area (Å²) in [5.41, 5.74) is 2.27. The molecule has 7 heteroatoms. The molecule has 0 saturated carbocycles. The number of benzene rings is 2. The summed E-state index contributed by atoms with van der Waals surface area (Å²) in [5.74, 6) is -0.542. The molecule has 0 spiro atoms. The van der Waals surface area contributed by atoms with Crippen LogP contribution in [-0.2, 0) is 9.59 Å². The van der Waals surface area contributed by atoms with Gasteiger partial charge < -0.3 is 16.0 Å². The third kappa shape index (κ3) is 4.00. The number of anilines is 3. The second-order valence-electron chi connectivity index (χ2n) is 5.68. The predicted octanol–water partition coefficient (Wildman–Crippen LogP) is 3.33. The summed E-state index contributed by atoms with van der Waals surface area (Å²) in [5, 5.41) is 8.12. The molecule has 0 saturated heterocycles. The lowest BCUT2D eigenvalue weighted by Gasteiger charge is -2.21. The van der Waals surface area contributed by atoms with Gasteiger partial charge in [0, 0.05) is 28.8 Å². The summed E-state index contributed by atoms with van der Waals surface area (Å²) in [6, 6.07) is 12.1. The van der Waals surface area contributed by atoms with Crippen LogP contribution in [0.25, 0.3) is 0 Å². The predicted molar refractivity (Wildman–Crippen MR) is 99.1 cm³/mol. The first-order valence-electron chi connectivity index (χ1n) is 7.73. The summed E-state index contributed by atoms with van der Waals surface area (Å²) in [7, 11) is 0. The molecule has 2 aromatic rings. The van der Waals surface area contributed by atoms with Crippen molar-refractivity contribution < 1.29 is 14.4 Å². The van der Waals surface area contributed by atoms with E-state index in [2.05, 4.69) is 16.0 Å². The molecule has 2 aromatic carbocycles. The van der Waals surface area contributed by atoms with Gasteiger partial charge >= 0.3 is 0 Å². The summed E-state index contributed by atoms with van der Waals surface area (Å²) in [6.45, 7) is 3.26. The van der Waals surface area contributed by atoms with Gasteiger partial charge in [0.05, 0.1) is 10.9 Å². The van der Waals surface area contributed by atoms with Crippen molar-refractivity contribution in [3.05, 3.63) is 48.0 Å². The molecule has 3 N–H and O–H groups in total. The van der Waals surface area contributed by atoms with Gasteiger partial charge in [-0.25, -0.2) is 0 Å². The van der Waals surface area contributed by atoms with Crippen LogP contribution in [0.1, 0.15) is 24.2 Å². The molecule has 6 nitrogen and oxygen atoms in total. The van der Waals surface area contributed by atoms with Gasteiger partial charge in [-0.1, -0.05) is 6.07 Å². The number of hydrogen-bond donors (Lipinski definition) is 3. The molecular formula is C18H17N3O3S. The standard InChI is InChI=1S/C18H17N3O3S/c1-10-17(23)21-15-8-12(6-7-16(15)25-10)18(24)20-14-5-3-4-13(9-14)19-11(2)22/h3-10H,1-2H3,(H,19,22)(H,20,24)(H,21,23)/t10-/m0/s1. The highest BCUT2D eigenvalue weighted by molar-refractivity contribution is 8.00. The molecule has 0 aliphatic carbocycles. The molecule has 1 aliphatic heterocycles. The van der Waals surface area contributed by atoms with E-state index in [0.29, 0.717) is 22.6 Å². The first kappa shape index (κ1) is 17.0. The van der Waals surface area contributed by atoms with Crippen LogP contribution in [0, 0.1) is 0 Å². The number of fused-ring (bicyclic) bond motifs is 1. The lowest BCUT2D eigenvalue weighted by molar-refractivity contribution is -0.115. The Kier molecular flexibility index (Phi) is 4.76. The Morgan fingerprint density at radius 2 is 1.80 bits per heavy atom. The van der Waals surface area contributed by atoms with Crippen LogP contribution >= 0.6 is 11.8 Å². The van der Waals surface area contributed by atoms with Gasteiger partial charge in [-0.3, -0.25) is 14.4 Å². The average molecular weight is 355 g/mol. The first-order chi connectivity index (χ1) is 11.9. The minimum absolute atomic E-state index is 0.0712. The van der Waals surface area contributed by atoms with E-state index < -0.39 is 0 Å². The SMILES string of the molecule is CC(=O)Nc1cccc(NC(=O)c2ccc3c(c2)NC(=O)[C@H](C)S3)c1. The van der Waals surface area contributed by atoms with Gasteiger partial charge in [0.25, 0.3) is 5.91 Å². The largest absolute Gasteiger partial charge is 0.326 e. The number of rotatable bonds is 3. The lowest BCUT2D eigenvalue weighted by Crippen LogP contribution is -2.26. The molecule has 0 bridgehead atoms. The van der Waals surface area contributed by atoms with Crippen LogP contribution in [0.2, 0.25) is 0 Å². The summed E-state index contributed by atoms with van der Waals surface area (Å²) >= 11 is 1.47. The van der Waals surface area contributed by atoms with Crippen LogP contribution < -0.4 is 16.0 Å². The molecule has 3 rings (SSSR count). The molecular weight excluding hydrogens is 338 g/mol. The normalized spacial score (nSPS) is 15.8. The number of nitrogens with one attached hydrogen (secondary N) is 3. The number of thioether (sulfide) groups is 1. The highest BCUT2D eigenvalue weighted by atomic mass is 32.2. The van der Waals surface area contributed by atoms with Gasteiger partial charge in [0.15, 0.2) is 0 Å². The molecule has 0 aromatic heterocycles. The molecule has 128 valence electrons. The number of amides is 3. The molecule has 1 heterocycles. The molecule has 1 atom stereocenters. The van der Waals surface area contributed by atoms with Crippen molar-refractivity contribution in [2.24, 2.45) is 0 Å². The van der Waals surface area contributed by atoms with Crippen molar-refractivity contribution >= 4 is 46.5 Å². The van der Waals surface area contributed by atoms with Crippen LogP contribution in [0.5, 0.6) is 0 Å². The van der Waals surface area contributed by atoms with Crippen molar-refractivity contribution in [2.75, 3.05) is 16.0 Å². The maximum absolute atomic E-state index is 12.5. The minimum atomic E-state index is -0.291. The molecule has 0 fully saturated rings. The molecule has 1 aliphatic rings. The van der Waals surface area contributed by atoms with Crippen molar-refractivity contribution in [1.29, 1.82) is 0 Å². The van der Waals surface area contributed by atoms with Crippen molar-refractivity contribution in [3.8, 4) is 0 Å². The van der Waals surface area contributed by atoms with E-state index >= 15 is 0 Å². The Morgan fingerprint density at radius 3 is 2.52 bits per heavy atom. The smallest absolute Gasteiger partial charge is 0.255 e. The first-order valence-corrected chi connectivity index (χ1v) is 8.61. The van der Waals surface area contributed by atoms with E-state index in [-0.39, 0.29) is 23.0 Å². The van der Waals surface area contributed by atoms with E-state index in [1.165, 1.54) is 18.7 Å². The highest BCUT2D eigenvalue weighted by Gasteiger charge is 2.23. The van der Waals surface area contributed by atoms with Gasteiger partial charge in [-0.2, -0.15) is 0 Å². The Balaban J connectivity index is 1.77. The Bertz CT molecular complexity index is 866. The Morgan fingerprint density at radius 1 is 1.08 bits per heavy atom. The van der Waals surface area contributed by atoms with Crippen LogP contribution in [-0.4, -0.2) is 23.0 Å². The van der Waals surface area contributed by atoms with Crippen molar-refractivity contribution in [2.45, 2.75) is 24.0 Å². The fourth-order valence-corrected chi connectivity index (χ4v) is 3.36. The fraction of sp³-hybridized carbons (Fsp3) is 0.167. The maximum atomic E-state index is 12.5. The van der Waals surface area contributed by atoms with Crippen molar-refractivity contribution in [3.63, 3.8) is 0 Å². The zero-order valence-corrected chi connectivity index (χ0v) is 14.6. The molecule has 0 unspecified atom stereocenters. The molecule has 0 radical (unpaired) electrons. The Hall–Kier alpha value is -2.80. The van der Waals surface area contributed by atoms with E-state index in [4.69, 9.17) is 0 Å². The van der Waals surface area contributed by atoms with Crippen LogP contribution in [0.3, 0.4) is 0 Å². The lowest BCUT2D eigenvalue weighted by atomic mass is 10.1. The topological polar surface area (TPSA) is 87.3 Å². The van der Waals surface area contributed by atoms with Gasteiger partial charge in [-0.15, -0.1) is 11.8 Å². The maximum Gasteiger partial charge on any atom is 0.255 e. The van der Waals surface area contributed by atoms with Gasteiger partial charge in [0.1, 0.15) is 0 Å². The van der Waals surface area contributed by atoms with Gasteiger partial charge in [-0.05, 0) is 43.3 Å². The number of hydrogen-bond acceptors (Lipinski definition) is 4.